The molecule has 0 amide bonds. The predicted octanol–water partition coefficient (Wildman–Crippen LogP) is 2.37. The Labute approximate surface area is 83.9 Å². The van der Waals surface area contributed by atoms with Gasteiger partial charge in [-0.1, -0.05) is 0 Å². The van der Waals surface area contributed by atoms with Crippen molar-refractivity contribution in [3.8, 4) is 0 Å². The fraction of sp³-hybridized carbons (Fsp3) is 0.333. The van der Waals surface area contributed by atoms with Gasteiger partial charge in [-0.15, -0.1) is 0 Å². The molecule has 0 N–H and O–H groups in total. The number of halogens is 1. The summed E-state index contributed by atoms with van der Waals surface area (Å²) >= 11 is 3.33. The molecule has 2 aromatic heterocycles. The fourth-order valence-electron chi connectivity index (χ4n) is 1.45. The molecule has 2 aromatic rings. The number of nitrogens with zero attached hydrogens (tertiary/aromatic N) is 3. The Bertz CT molecular complexity index is 459. The number of hydrogen-bond donors (Lipinski definition) is 0. The van der Waals surface area contributed by atoms with Crippen LogP contribution in [0.1, 0.15) is 24.5 Å². The first-order chi connectivity index (χ1) is 6.33. The normalized spacial score (nSPS) is 16.7. The van der Waals surface area contributed by atoms with Crippen molar-refractivity contribution < 1.29 is 0 Å². The number of fused-ring (bicyclic) bond motifs is 1. The minimum absolute atomic E-state index is 0.695. The standard InChI is InChI=1S/C9H8BrN3/c10-8-3-4-9-11-7(6-1-2-6)5-13(9)12-8/h3-6H,1-2H2. The molecule has 1 fully saturated rings. The summed E-state index contributed by atoms with van der Waals surface area (Å²) < 4.78 is 2.68. The average molecular weight is 238 g/mol. The third kappa shape index (κ3) is 1.25. The van der Waals surface area contributed by atoms with E-state index in [1.807, 2.05) is 22.8 Å². The molecule has 0 atom stereocenters. The number of rotatable bonds is 1. The van der Waals surface area contributed by atoms with E-state index in [0.717, 1.165) is 10.3 Å². The second-order valence-electron chi connectivity index (χ2n) is 3.40. The molecular weight excluding hydrogens is 230 g/mol. The van der Waals surface area contributed by atoms with Gasteiger partial charge in [-0.3, -0.25) is 0 Å². The maximum Gasteiger partial charge on any atom is 0.153 e. The third-order valence-electron chi connectivity index (χ3n) is 2.30. The predicted molar refractivity (Wildman–Crippen MR) is 52.7 cm³/mol. The Morgan fingerprint density at radius 3 is 3.00 bits per heavy atom. The van der Waals surface area contributed by atoms with E-state index in [0.29, 0.717) is 5.92 Å². The highest BCUT2D eigenvalue weighted by Gasteiger charge is 2.26. The first-order valence-corrected chi connectivity index (χ1v) is 5.14. The Hall–Kier alpha value is -0.900. The van der Waals surface area contributed by atoms with Gasteiger partial charge >= 0.3 is 0 Å². The minimum Gasteiger partial charge on any atom is -0.232 e. The maximum absolute atomic E-state index is 4.50. The van der Waals surface area contributed by atoms with Crippen LogP contribution < -0.4 is 0 Å². The van der Waals surface area contributed by atoms with E-state index in [2.05, 4.69) is 26.0 Å². The zero-order valence-corrected chi connectivity index (χ0v) is 8.53. The van der Waals surface area contributed by atoms with Crippen LogP contribution >= 0.6 is 15.9 Å². The average Bonchev–Trinajstić information content (AvgIpc) is 2.87. The summed E-state index contributed by atoms with van der Waals surface area (Å²) in [4.78, 5) is 4.50. The lowest BCUT2D eigenvalue weighted by atomic mass is 10.3. The van der Waals surface area contributed by atoms with Crippen molar-refractivity contribution >= 4 is 21.6 Å². The zero-order chi connectivity index (χ0) is 8.84. The topological polar surface area (TPSA) is 30.2 Å². The van der Waals surface area contributed by atoms with E-state index in [9.17, 15) is 0 Å². The van der Waals surface area contributed by atoms with E-state index in [-0.39, 0.29) is 0 Å². The lowest BCUT2D eigenvalue weighted by Crippen LogP contribution is -1.88. The summed E-state index contributed by atoms with van der Waals surface area (Å²) in [5, 5.41) is 4.28. The van der Waals surface area contributed by atoms with E-state index >= 15 is 0 Å². The molecule has 4 heteroatoms. The summed E-state index contributed by atoms with van der Waals surface area (Å²) in [6.45, 7) is 0. The summed E-state index contributed by atoms with van der Waals surface area (Å²) in [5.74, 6) is 0.695. The van der Waals surface area contributed by atoms with Crippen molar-refractivity contribution in [1.29, 1.82) is 0 Å². The van der Waals surface area contributed by atoms with Gasteiger partial charge < -0.3 is 0 Å². The number of aromatic nitrogens is 3. The quantitative estimate of drug-likeness (QED) is 0.763. The van der Waals surface area contributed by atoms with E-state index in [4.69, 9.17) is 0 Å². The van der Waals surface area contributed by atoms with Gasteiger partial charge in [-0.05, 0) is 40.9 Å². The van der Waals surface area contributed by atoms with Crippen molar-refractivity contribution in [2.45, 2.75) is 18.8 Å². The molecular formula is C9H8BrN3. The first-order valence-electron chi connectivity index (χ1n) is 4.35. The lowest BCUT2D eigenvalue weighted by molar-refractivity contribution is 0.912. The van der Waals surface area contributed by atoms with Crippen LogP contribution in [0.25, 0.3) is 5.65 Å². The first kappa shape index (κ1) is 7.50. The lowest BCUT2D eigenvalue weighted by Gasteiger charge is -1.90. The van der Waals surface area contributed by atoms with E-state index in [1.165, 1.54) is 18.5 Å². The minimum atomic E-state index is 0.695. The highest BCUT2D eigenvalue weighted by atomic mass is 79.9. The number of hydrogen-bond acceptors (Lipinski definition) is 2. The molecule has 1 aliphatic carbocycles. The maximum atomic E-state index is 4.50. The molecule has 66 valence electrons. The van der Waals surface area contributed by atoms with Crippen LogP contribution in [-0.2, 0) is 0 Å². The van der Waals surface area contributed by atoms with Gasteiger partial charge in [0.2, 0.25) is 0 Å². The van der Waals surface area contributed by atoms with Gasteiger partial charge in [0.05, 0.1) is 11.9 Å². The SMILES string of the molecule is Brc1ccc2nc(C3CC3)cn2n1. The molecule has 3 rings (SSSR count). The Kier molecular flexibility index (Phi) is 1.47. The second-order valence-corrected chi connectivity index (χ2v) is 4.21. The van der Waals surface area contributed by atoms with Crippen molar-refractivity contribution in [1.82, 2.24) is 14.6 Å². The van der Waals surface area contributed by atoms with E-state index < -0.39 is 0 Å². The molecule has 2 heterocycles. The van der Waals surface area contributed by atoms with Gasteiger partial charge in [0, 0.05) is 5.92 Å². The second kappa shape index (κ2) is 2.54. The fourth-order valence-corrected chi connectivity index (χ4v) is 1.76. The van der Waals surface area contributed by atoms with Crippen LogP contribution in [0, 0.1) is 0 Å². The monoisotopic (exact) mass is 237 g/mol. The van der Waals surface area contributed by atoms with Gasteiger partial charge in [0.25, 0.3) is 0 Å². The summed E-state index contributed by atoms with van der Waals surface area (Å²) in [5.41, 5.74) is 2.12. The van der Waals surface area contributed by atoms with Crippen LogP contribution in [0.5, 0.6) is 0 Å². The van der Waals surface area contributed by atoms with Gasteiger partial charge in [0.1, 0.15) is 4.60 Å². The van der Waals surface area contributed by atoms with E-state index in [1.54, 1.807) is 0 Å². The summed E-state index contributed by atoms with van der Waals surface area (Å²) in [7, 11) is 0. The van der Waals surface area contributed by atoms with Crippen LogP contribution in [-0.4, -0.2) is 14.6 Å². The van der Waals surface area contributed by atoms with Crippen LogP contribution in [0.4, 0.5) is 0 Å². The molecule has 0 radical (unpaired) electrons. The highest BCUT2D eigenvalue weighted by molar-refractivity contribution is 9.10. The van der Waals surface area contributed by atoms with Crippen molar-refractivity contribution in [2.75, 3.05) is 0 Å². The molecule has 3 nitrogen and oxygen atoms in total. The van der Waals surface area contributed by atoms with Crippen LogP contribution in [0.3, 0.4) is 0 Å². The molecule has 0 saturated heterocycles. The smallest absolute Gasteiger partial charge is 0.153 e. The van der Waals surface area contributed by atoms with Gasteiger partial charge in [-0.25, -0.2) is 9.50 Å². The molecule has 0 bridgehead atoms. The number of imidazole rings is 1. The van der Waals surface area contributed by atoms with Crippen molar-refractivity contribution in [3.63, 3.8) is 0 Å². The summed E-state index contributed by atoms with van der Waals surface area (Å²) in [6.07, 6.45) is 4.59. The van der Waals surface area contributed by atoms with Crippen LogP contribution in [0.15, 0.2) is 22.9 Å². The summed E-state index contributed by atoms with van der Waals surface area (Å²) in [6, 6.07) is 3.89. The van der Waals surface area contributed by atoms with Gasteiger partial charge in [-0.2, -0.15) is 5.10 Å². The Balaban J connectivity index is 2.20. The molecule has 0 aliphatic heterocycles. The molecule has 1 aliphatic rings. The third-order valence-corrected chi connectivity index (χ3v) is 2.72. The van der Waals surface area contributed by atoms with Crippen LogP contribution in [0.2, 0.25) is 0 Å². The molecule has 0 unspecified atom stereocenters. The highest BCUT2D eigenvalue weighted by Crippen LogP contribution is 2.39. The van der Waals surface area contributed by atoms with Gasteiger partial charge in [0.15, 0.2) is 5.65 Å². The Morgan fingerprint density at radius 2 is 2.23 bits per heavy atom. The molecule has 1 saturated carbocycles. The molecule has 13 heavy (non-hydrogen) atoms. The van der Waals surface area contributed by atoms with Crippen molar-refractivity contribution in [2.24, 2.45) is 0 Å². The molecule has 0 spiro atoms. The molecule has 0 aromatic carbocycles. The largest absolute Gasteiger partial charge is 0.232 e. The Morgan fingerprint density at radius 1 is 1.38 bits per heavy atom. The zero-order valence-electron chi connectivity index (χ0n) is 6.94. The van der Waals surface area contributed by atoms with Crippen molar-refractivity contribution in [3.05, 3.63) is 28.6 Å².